The quantitative estimate of drug-likeness (QED) is 0.881. The summed E-state index contributed by atoms with van der Waals surface area (Å²) in [4.78, 5) is 17.2. The van der Waals surface area contributed by atoms with Crippen molar-refractivity contribution < 1.29 is 9.90 Å². The molecule has 0 atom stereocenters. The largest absolute Gasteiger partial charge is 0.395 e. The van der Waals surface area contributed by atoms with Crippen LogP contribution in [0.1, 0.15) is 47.1 Å². The van der Waals surface area contributed by atoms with Gasteiger partial charge in [0.15, 0.2) is 0 Å². The Labute approximate surface area is 162 Å². The fourth-order valence-corrected chi connectivity index (χ4v) is 3.87. The van der Waals surface area contributed by atoms with Crippen LogP contribution in [0.15, 0.2) is 30.3 Å². The Kier molecular flexibility index (Phi) is 6.02. The number of rotatable bonds is 5. The molecule has 5 nitrogen and oxygen atoms in total. The second-order valence-electron chi connectivity index (χ2n) is 7.72. The monoisotopic (exact) mass is 369 g/mol. The van der Waals surface area contributed by atoms with Gasteiger partial charge in [0.2, 0.25) is 0 Å². The third-order valence-corrected chi connectivity index (χ3v) is 5.56. The van der Waals surface area contributed by atoms with E-state index in [2.05, 4.69) is 54.5 Å². The maximum atomic E-state index is 13.1. The molecule has 1 N–H and O–H groups in total. The molecule has 0 bridgehead atoms. The highest BCUT2D eigenvalue weighted by Gasteiger charge is 2.25. The molecule has 1 aliphatic rings. The van der Waals surface area contributed by atoms with Gasteiger partial charge < -0.3 is 14.6 Å². The molecule has 0 spiro atoms. The van der Waals surface area contributed by atoms with Gasteiger partial charge in [-0.2, -0.15) is 0 Å². The van der Waals surface area contributed by atoms with Gasteiger partial charge in [0.05, 0.1) is 12.2 Å². The van der Waals surface area contributed by atoms with Crippen LogP contribution in [0.2, 0.25) is 0 Å². The average Bonchev–Trinajstić information content (AvgIpc) is 2.96. The molecule has 1 saturated heterocycles. The molecule has 0 aliphatic carbocycles. The van der Waals surface area contributed by atoms with E-state index in [4.69, 9.17) is 5.11 Å². The zero-order valence-electron chi connectivity index (χ0n) is 16.9. The second kappa shape index (κ2) is 8.28. The number of amides is 1. The number of aryl methyl sites for hydroxylation is 1. The number of β-amino-alcohol motifs (C(OH)–C–C–N with tert-alkyl or cyclic N) is 1. The maximum Gasteiger partial charge on any atom is 0.255 e. The number of aliphatic hydroxyl groups excluding tert-OH is 1. The number of piperazine rings is 1. The molecule has 2 aromatic rings. The molecule has 1 aromatic carbocycles. The summed E-state index contributed by atoms with van der Waals surface area (Å²) < 4.78 is 2.17. The Bertz CT molecular complexity index is 785. The van der Waals surface area contributed by atoms with Crippen LogP contribution in [-0.4, -0.2) is 64.7 Å². The second-order valence-corrected chi connectivity index (χ2v) is 7.72. The normalized spacial score (nSPS) is 15.6. The van der Waals surface area contributed by atoms with Crippen molar-refractivity contribution >= 4 is 5.91 Å². The van der Waals surface area contributed by atoms with E-state index in [1.807, 2.05) is 17.9 Å². The standard InChI is InChI=1S/C22H31N3O2/c1-16(2)19-5-7-20(8-6-19)25-17(3)15-21(18(25)4)22(27)24-11-9-23(10-12-24)13-14-26/h5-8,15-16,26H,9-14H2,1-4H3. The minimum absolute atomic E-state index is 0.108. The first-order valence-corrected chi connectivity index (χ1v) is 9.84. The van der Waals surface area contributed by atoms with Crippen molar-refractivity contribution in [1.82, 2.24) is 14.4 Å². The van der Waals surface area contributed by atoms with Crippen LogP contribution >= 0.6 is 0 Å². The average molecular weight is 370 g/mol. The van der Waals surface area contributed by atoms with Crippen LogP contribution in [-0.2, 0) is 0 Å². The summed E-state index contributed by atoms with van der Waals surface area (Å²) in [6, 6.07) is 10.6. The first kappa shape index (κ1) is 19.6. The van der Waals surface area contributed by atoms with Crippen molar-refractivity contribution in [2.45, 2.75) is 33.6 Å². The van der Waals surface area contributed by atoms with Gasteiger partial charge in [-0.3, -0.25) is 9.69 Å². The van der Waals surface area contributed by atoms with Gasteiger partial charge in [0.1, 0.15) is 0 Å². The van der Waals surface area contributed by atoms with Crippen LogP contribution in [0.4, 0.5) is 0 Å². The fourth-order valence-electron chi connectivity index (χ4n) is 3.87. The van der Waals surface area contributed by atoms with Crippen LogP contribution in [0.25, 0.3) is 5.69 Å². The van der Waals surface area contributed by atoms with Crippen molar-refractivity contribution in [3.05, 3.63) is 52.8 Å². The Morgan fingerprint density at radius 3 is 2.26 bits per heavy atom. The molecule has 0 saturated carbocycles. The number of carbonyl (C=O) groups excluding carboxylic acids is 1. The van der Waals surface area contributed by atoms with Gasteiger partial charge in [0, 0.05) is 49.8 Å². The Balaban J connectivity index is 1.80. The predicted octanol–water partition coefficient (Wildman–Crippen LogP) is 2.97. The Hall–Kier alpha value is -2.11. The number of benzene rings is 1. The van der Waals surface area contributed by atoms with Crippen LogP contribution in [0.3, 0.4) is 0 Å². The fraction of sp³-hybridized carbons (Fsp3) is 0.500. The topological polar surface area (TPSA) is 48.7 Å². The van der Waals surface area contributed by atoms with Crippen molar-refractivity contribution in [3.63, 3.8) is 0 Å². The van der Waals surface area contributed by atoms with Gasteiger partial charge in [0.25, 0.3) is 5.91 Å². The number of carbonyl (C=O) groups is 1. The van der Waals surface area contributed by atoms with Gasteiger partial charge in [-0.1, -0.05) is 26.0 Å². The summed E-state index contributed by atoms with van der Waals surface area (Å²) in [5.41, 5.74) is 5.27. The minimum Gasteiger partial charge on any atom is -0.395 e. The zero-order valence-corrected chi connectivity index (χ0v) is 16.9. The molecule has 5 heteroatoms. The highest BCUT2D eigenvalue weighted by molar-refractivity contribution is 5.96. The van der Waals surface area contributed by atoms with Crippen LogP contribution < -0.4 is 0 Å². The highest BCUT2D eigenvalue weighted by atomic mass is 16.3. The molecule has 2 heterocycles. The first-order chi connectivity index (χ1) is 12.9. The lowest BCUT2D eigenvalue weighted by Crippen LogP contribution is -2.49. The molecule has 1 fully saturated rings. The molecular formula is C22H31N3O2. The van der Waals surface area contributed by atoms with Gasteiger partial charge in [-0.05, 0) is 43.5 Å². The molecular weight excluding hydrogens is 338 g/mol. The Morgan fingerprint density at radius 2 is 1.70 bits per heavy atom. The van der Waals surface area contributed by atoms with Crippen LogP contribution in [0.5, 0.6) is 0 Å². The molecule has 3 rings (SSSR count). The minimum atomic E-state index is 0.108. The van der Waals surface area contributed by atoms with E-state index in [0.29, 0.717) is 25.6 Å². The number of hydrogen-bond donors (Lipinski definition) is 1. The number of aromatic nitrogens is 1. The molecule has 1 amide bonds. The SMILES string of the molecule is Cc1cc(C(=O)N2CCN(CCO)CC2)c(C)n1-c1ccc(C(C)C)cc1. The summed E-state index contributed by atoms with van der Waals surface area (Å²) >= 11 is 0. The summed E-state index contributed by atoms with van der Waals surface area (Å²) in [7, 11) is 0. The number of hydrogen-bond acceptors (Lipinski definition) is 3. The lowest BCUT2D eigenvalue weighted by molar-refractivity contribution is 0.0614. The molecule has 146 valence electrons. The van der Waals surface area contributed by atoms with E-state index in [-0.39, 0.29) is 12.5 Å². The van der Waals surface area contributed by atoms with Gasteiger partial charge in [-0.15, -0.1) is 0 Å². The molecule has 1 aliphatic heterocycles. The lowest BCUT2D eigenvalue weighted by atomic mass is 10.0. The first-order valence-electron chi connectivity index (χ1n) is 9.84. The van der Waals surface area contributed by atoms with Crippen molar-refractivity contribution in [3.8, 4) is 5.69 Å². The van der Waals surface area contributed by atoms with E-state index >= 15 is 0 Å². The van der Waals surface area contributed by atoms with E-state index in [1.54, 1.807) is 0 Å². The third kappa shape index (κ3) is 4.09. The van der Waals surface area contributed by atoms with E-state index < -0.39 is 0 Å². The number of aliphatic hydroxyl groups is 1. The maximum absolute atomic E-state index is 13.1. The predicted molar refractivity (Wildman–Crippen MR) is 109 cm³/mol. The van der Waals surface area contributed by atoms with Crippen molar-refractivity contribution in [1.29, 1.82) is 0 Å². The lowest BCUT2D eigenvalue weighted by Gasteiger charge is -2.34. The summed E-state index contributed by atoms with van der Waals surface area (Å²) in [5.74, 6) is 0.615. The third-order valence-electron chi connectivity index (χ3n) is 5.56. The summed E-state index contributed by atoms with van der Waals surface area (Å²) in [6.45, 7) is 12.4. The van der Waals surface area contributed by atoms with Crippen LogP contribution in [0, 0.1) is 13.8 Å². The molecule has 1 aromatic heterocycles. The van der Waals surface area contributed by atoms with Crippen molar-refractivity contribution in [2.24, 2.45) is 0 Å². The highest BCUT2D eigenvalue weighted by Crippen LogP contribution is 2.24. The molecule has 0 radical (unpaired) electrons. The van der Waals surface area contributed by atoms with Gasteiger partial charge >= 0.3 is 0 Å². The van der Waals surface area contributed by atoms with E-state index in [9.17, 15) is 4.79 Å². The Morgan fingerprint density at radius 1 is 1.07 bits per heavy atom. The molecule has 0 unspecified atom stereocenters. The zero-order chi connectivity index (χ0) is 19.6. The smallest absolute Gasteiger partial charge is 0.255 e. The van der Waals surface area contributed by atoms with Gasteiger partial charge in [-0.25, -0.2) is 0 Å². The van der Waals surface area contributed by atoms with E-state index in [0.717, 1.165) is 35.7 Å². The number of nitrogens with zero attached hydrogens (tertiary/aromatic N) is 3. The summed E-state index contributed by atoms with van der Waals surface area (Å²) in [6.07, 6.45) is 0. The summed E-state index contributed by atoms with van der Waals surface area (Å²) in [5, 5.41) is 9.07. The van der Waals surface area contributed by atoms with E-state index in [1.165, 1.54) is 5.56 Å². The van der Waals surface area contributed by atoms with Crippen molar-refractivity contribution in [2.75, 3.05) is 39.3 Å². The molecule has 27 heavy (non-hydrogen) atoms.